The van der Waals surface area contributed by atoms with Crippen molar-refractivity contribution < 1.29 is 4.79 Å². The average Bonchev–Trinajstić information content (AvgIpc) is 1.87. The fourth-order valence-corrected chi connectivity index (χ4v) is 0.538. The number of ketones is 1. The highest BCUT2D eigenvalue weighted by Gasteiger charge is 1.80. The van der Waals surface area contributed by atoms with Gasteiger partial charge in [-0.05, 0) is 25.6 Å². The molecule has 0 aromatic heterocycles. The summed E-state index contributed by atoms with van der Waals surface area (Å²) in [6, 6.07) is 0. The summed E-state index contributed by atoms with van der Waals surface area (Å²) in [5.74, 6) is 0.0870. The number of unbranched alkanes of at least 4 members (excludes halogenated alkanes) is 1. The monoisotopic (exact) mass is 141 g/mol. The lowest BCUT2D eigenvalue weighted by Crippen LogP contribution is -2.06. The van der Waals surface area contributed by atoms with E-state index < -0.39 is 0 Å². The second-order valence-corrected chi connectivity index (χ2v) is 2.25. The molecule has 0 aromatic carbocycles. The average molecular weight is 141 g/mol. The van der Waals surface area contributed by atoms with Crippen molar-refractivity contribution >= 4 is 5.78 Å². The summed E-state index contributed by atoms with van der Waals surface area (Å²) in [7, 11) is 0. The first-order chi connectivity index (χ1) is 4.77. The number of carbonyl (C=O) groups excluding carboxylic acids is 1. The molecule has 0 aliphatic heterocycles. The van der Waals surface area contributed by atoms with Gasteiger partial charge in [-0.3, -0.25) is 4.79 Å². The Bertz CT molecular complexity index is 118. The van der Waals surface area contributed by atoms with E-state index in [4.69, 9.17) is 0 Å². The molecule has 0 radical (unpaired) electrons. The first-order valence-corrected chi connectivity index (χ1v) is 3.68. The molecular weight excluding hydrogens is 126 g/mol. The van der Waals surface area contributed by atoms with Crippen LogP contribution in [0.1, 0.15) is 26.7 Å². The summed E-state index contributed by atoms with van der Waals surface area (Å²) in [5, 5.41) is 3.02. The highest BCUT2D eigenvalue weighted by atomic mass is 16.1. The van der Waals surface area contributed by atoms with Crippen molar-refractivity contribution in [2.24, 2.45) is 0 Å². The lowest BCUT2D eigenvalue weighted by atomic mass is 10.3. The predicted molar refractivity (Wildman–Crippen MR) is 42.7 cm³/mol. The Balaban J connectivity index is 3.10. The fourth-order valence-electron chi connectivity index (χ4n) is 0.538. The van der Waals surface area contributed by atoms with Gasteiger partial charge in [0.25, 0.3) is 0 Å². The smallest absolute Gasteiger partial charge is 0.154 e. The molecule has 0 fully saturated rings. The third-order valence-electron chi connectivity index (χ3n) is 1.11. The van der Waals surface area contributed by atoms with Gasteiger partial charge in [0.2, 0.25) is 0 Å². The van der Waals surface area contributed by atoms with Gasteiger partial charge in [-0.15, -0.1) is 0 Å². The summed E-state index contributed by atoms with van der Waals surface area (Å²) in [6.45, 7) is 4.63. The van der Waals surface area contributed by atoms with Crippen LogP contribution in [0.2, 0.25) is 0 Å². The largest absolute Gasteiger partial charge is 0.391 e. The third kappa shape index (κ3) is 7.21. The zero-order chi connectivity index (χ0) is 7.82. The van der Waals surface area contributed by atoms with Crippen molar-refractivity contribution in [3.8, 4) is 0 Å². The van der Waals surface area contributed by atoms with E-state index in [1.54, 1.807) is 6.20 Å². The van der Waals surface area contributed by atoms with Crippen molar-refractivity contribution in [3.63, 3.8) is 0 Å². The third-order valence-corrected chi connectivity index (χ3v) is 1.11. The Hall–Kier alpha value is -0.790. The normalized spacial score (nSPS) is 10.2. The minimum Gasteiger partial charge on any atom is -0.391 e. The molecule has 0 atom stereocenters. The zero-order valence-corrected chi connectivity index (χ0v) is 6.68. The highest BCUT2D eigenvalue weighted by Crippen LogP contribution is 1.81. The van der Waals surface area contributed by atoms with Gasteiger partial charge in [-0.1, -0.05) is 13.3 Å². The van der Waals surface area contributed by atoms with Crippen LogP contribution in [-0.2, 0) is 4.79 Å². The molecule has 2 nitrogen and oxygen atoms in total. The Morgan fingerprint density at radius 3 is 2.80 bits per heavy atom. The van der Waals surface area contributed by atoms with Gasteiger partial charge in [-0.2, -0.15) is 0 Å². The van der Waals surface area contributed by atoms with Crippen LogP contribution in [0.3, 0.4) is 0 Å². The van der Waals surface area contributed by atoms with E-state index in [0.717, 1.165) is 13.0 Å². The molecule has 0 aliphatic rings. The summed E-state index contributed by atoms with van der Waals surface area (Å²) in [6.07, 6.45) is 5.58. The summed E-state index contributed by atoms with van der Waals surface area (Å²) < 4.78 is 0. The molecule has 0 aliphatic carbocycles. The lowest BCUT2D eigenvalue weighted by Gasteiger charge is -1.95. The number of carbonyl (C=O) groups is 1. The number of allylic oxidation sites excluding steroid dienone is 1. The molecule has 0 heterocycles. The predicted octanol–water partition coefficient (Wildman–Crippen LogP) is 1.48. The molecule has 0 rings (SSSR count). The molecule has 1 N–H and O–H groups in total. The van der Waals surface area contributed by atoms with Crippen molar-refractivity contribution in [2.75, 3.05) is 6.54 Å². The van der Waals surface area contributed by atoms with Gasteiger partial charge in [0.15, 0.2) is 5.78 Å². The Morgan fingerprint density at radius 1 is 1.60 bits per heavy atom. The van der Waals surface area contributed by atoms with Crippen LogP contribution >= 0.6 is 0 Å². The van der Waals surface area contributed by atoms with Gasteiger partial charge in [-0.25, -0.2) is 0 Å². The number of rotatable bonds is 5. The minimum absolute atomic E-state index is 0.0870. The maximum absolute atomic E-state index is 10.3. The van der Waals surface area contributed by atoms with E-state index in [9.17, 15) is 4.79 Å². The molecule has 0 aromatic rings. The standard InChI is InChI=1S/C8H15NO/c1-3-4-6-9-7-5-8(2)10/h5,7,9H,3-4,6H2,1-2H3/b7-5+. The lowest BCUT2D eigenvalue weighted by molar-refractivity contribution is -0.112. The van der Waals surface area contributed by atoms with E-state index >= 15 is 0 Å². The van der Waals surface area contributed by atoms with Crippen LogP contribution in [-0.4, -0.2) is 12.3 Å². The zero-order valence-electron chi connectivity index (χ0n) is 6.68. The van der Waals surface area contributed by atoms with Crippen molar-refractivity contribution in [1.29, 1.82) is 0 Å². The van der Waals surface area contributed by atoms with Crippen molar-refractivity contribution in [1.82, 2.24) is 5.32 Å². The minimum atomic E-state index is 0.0870. The van der Waals surface area contributed by atoms with E-state index in [0.29, 0.717) is 0 Å². The molecule has 0 saturated carbocycles. The van der Waals surface area contributed by atoms with Crippen LogP contribution in [0.15, 0.2) is 12.3 Å². The maximum atomic E-state index is 10.3. The van der Waals surface area contributed by atoms with Crippen molar-refractivity contribution in [2.45, 2.75) is 26.7 Å². The van der Waals surface area contributed by atoms with Crippen LogP contribution in [0, 0.1) is 0 Å². The highest BCUT2D eigenvalue weighted by molar-refractivity contribution is 5.87. The van der Waals surface area contributed by atoms with E-state index in [2.05, 4.69) is 12.2 Å². The van der Waals surface area contributed by atoms with Gasteiger partial charge < -0.3 is 5.32 Å². The van der Waals surface area contributed by atoms with Gasteiger partial charge >= 0.3 is 0 Å². The molecule has 0 saturated heterocycles. The quantitative estimate of drug-likeness (QED) is 0.464. The van der Waals surface area contributed by atoms with E-state index in [1.807, 2.05) is 0 Å². The van der Waals surface area contributed by atoms with Crippen LogP contribution in [0.4, 0.5) is 0 Å². The van der Waals surface area contributed by atoms with Crippen LogP contribution in [0.5, 0.6) is 0 Å². The van der Waals surface area contributed by atoms with E-state index in [-0.39, 0.29) is 5.78 Å². The van der Waals surface area contributed by atoms with Crippen molar-refractivity contribution in [3.05, 3.63) is 12.3 Å². The number of hydrogen-bond acceptors (Lipinski definition) is 2. The fraction of sp³-hybridized carbons (Fsp3) is 0.625. The molecule has 0 unspecified atom stereocenters. The molecule has 0 bridgehead atoms. The SMILES string of the molecule is CCCCN/C=C/C(C)=O. The van der Waals surface area contributed by atoms with Gasteiger partial charge in [0.1, 0.15) is 0 Å². The molecule has 58 valence electrons. The second kappa shape index (κ2) is 6.33. The Morgan fingerprint density at radius 2 is 2.30 bits per heavy atom. The molecule has 0 amide bonds. The molecule has 0 spiro atoms. The van der Waals surface area contributed by atoms with E-state index in [1.165, 1.54) is 19.4 Å². The first kappa shape index (κ1) is 9.21. The molecule has 10 heavy (non-hydrogen) atoms. The molecule has 2 heteroatoms. The summed E-state index contributed by atoms with van der Waals surface area (Å²) in [4.78, 5) is 10.3. The maximum Gasteiger partial charge on any atom is 0.154 e. The van der Waals surface area contributed by atoms with Gasteiger partial charge in [0, 0.05) is 6.54 Å². The Labute approximate surface area is 62.3 Å². The number of hydrogen-bond donors (Lipinski definition) is 1. The van der Waals surface area contributed by atoms with Crippen LogP contribution < -0.4 is 5.32 Å². The summed E-state index contributed by atoms with van der Waals surface area (Å²) in [5.41, 5.74) is 0. The Kier molecular flexibility index (Phi) is 5.83. The topological polar surface area (TPSA) is 29.1 Å². The van der Waals surface area contributed by atoms with Gasteiger partial charge in [0.05, 0.1) is 0 Å². The summed E-state index contributed by atoms with van der Waals surface area (Å²) >= 11 is 0. The second-order valence-electron chi connectivity index (χ2n) is 2.25. The number of nitrogens with one attached hydrogen (secondary N) is 1. The first-order valence-electron chi connectivity index (χ1n) is 3.68. The van der Waals surface area contributed by atoms with Crippen LogP contribution in [0.25, 0.3) is 0 Å². The molecular formula is C8H15NO.